The van der Waals surface area contributed by atoms with Crippen molar-refractivity contribution in [2.45, 2.75) is 19.4 Å². The molecule has 0 aromatic carbocycles. The van der Waals surface area contributed by atoms with E-state index in [1.54, 1.807) is 0 Å². The second-order valence-electron chi connectivity index (χ2n) is 2.60. The van der Waals surface area contributed by atoms with Gasteiger partial charge in [0.1, 0.15) is 12.2 Å². The first-order valence-corrected chi connectivity index (χ1v) is 4.14. The summed E-state index contributed by atoms with van der Waals surface area (Å²) in [5, 5.41) is 8.99. The first-order valence-electron chi connectivity index (χ1n) is 4.14. The molecule has 4 N–H and O–H groups in total. The fraction of sp³-hybridized carbons (Fsp3) is 0.571. The zero-order chi connectivity index (χ0) is 9.52. The van der Waals surface area contributed by atoms with Gasteiger partial charge in [-0.05, 0) is 13.0 Å². The first-order chi connectivity index (χ1) is 6.33. The summed E-state index contributed by atoms with van der Waals surface area (Å²) in [6.45, 7) is 0.930. The molecule has 72 valence electrons. The van der Waals surface area contributed by atoms with E-state index in [1.165, 1.54) is 6.33 Å². The van der Waals surface area contributed by atoms with E-state index in [4.69, 9.17) is 5.73 Å². The van der Waals surface area contributed by atoms with Gasteiger partial charge in [-0.3, -0.25) is 9.89 Å². The van der Waals surface area contributed by atoms with Crippen molar-refractivity contribution in [3.63, 3.8) is 0 Å². The Bertz CT molecular complexity index is 245. The lowest BCUT2D eigenvalue weighted by atomic mass is 10.3. The Balaban J connectivity index is 2.15. The smallest absolute Gasteiger partial charge is 0.220 e. The summed E-state index contributed by atoms with van der Waals surface area (Å²) >= 11 is 0. The number of nitrogens with one attached hydrogen (secondary N) is 2. The van der Waals surface area contributed by atoms with Crippen LogP contribution in [0.25, 0.3) is 0 Å². The molecule has 0 saturated carbocycles. The number of H-pyrrole nitrogens is 1. The third-order valence-electron chi connectivity index (χ3n) is 1.53. The SMILES string of the molecule is NCCCC(=O)NCc1ncn[nH]1. The molecule has 0 aliphatic carbocycles. The van der Waals surface area contributed by atoms with Crippen molar-refractivity contribution in [1.29, 1.82) is 0 Å². The van der Waals surface area contributed by atoms with Gasteiger partial charge in [-0.25, -0.2) is 4.98 Å². The lowest BCUT2D eigenvalue weighted by Crippen LogP contribution is -2.23. The molecule has 0 spiro atoms. The monoisotopic (exact) mass is 183 g/mol. The van der Waals surface area contributed by atoms with Gasteiger partial charge >= 0.3 is 0 Å². The highest BCUT2D eigenvalue weighted by Crippen LogP contribution is 1.88. The molecule has 6 heteroatoms. The molecule has 0 unspecified atom stereocenters. The fourth-order valence-corrected chi connectivity index (χ4v) is 0.849. The Hall–Kier alpha value is -1.43. The van der Waals surface area contributed by atoms with Crippen LogP contribution in [-0.2, 0) is 11.3 Å². The van der Waals surface area contributed by atoms with Gasteiger partial charge in [0.05, 0.1) is 6.54 Å². The van der Waals surface area contributed by atoms with Crippen LogP contribution in [0.4, 0.5) is 0 Å². The largest absolute Gasteiger partial charge is 0.349 e. The number of hydrogen-bond donors (Lipinski definition) is 3. The normalized spacial score (nSPS) is 9.92. The number of hydrogen-bond acceptors (Lipinski definition) is 4. The second kappa shape index (κ2) is 5.26. The minimum atomic E-state index is -0.0122. The molecule has 1 aromatic rings. The third kappa shape index (κ3) is 3.66. The Morgan fingerprint density at radius 2 is 2.54 bits per heavy atom. The van der Waals surface area contributed by atoms with Gasteiger partial charge in [0.25, 0.3) is 0 Å². The molecule has 1 rings (SSSR count). The number of rotatable bonds is 5. The summed E-state index contributed by atoms with van der Waals surface area (Å²) in [5.74, 6) is 0.642. The molecule has 0 bridgehead atoms. The van der Waals surface area contributed by atoms with Gasteiger partial charge in [0.2, 0.25) is 5.91 Å². The van der Waals surface area contributed by atoms with Gasteiger partial charge in [-0.1, -0.05) is 0 Å². The van der Waals surface area contributed by atoms with E-state index >= 15 is 0 Å². The predicted octanol–water partition coefficient (Wildman–Crippen LogP) is -0.840. The minimum absolute atomic E-state index is 0.0122. The van der Waals surface area contributed by atoms with E-state index in [2.05, 4.69) is 20.5 Å². The summed E-state index contributed by atoms with van der Waals surface area (Å²) in [4.78, 5) is 14.9. The number of aromatic amines is 1. The van der Waals surface area contributed by atoms with Crippen molar-refractivity contribution in [2.24, 2.45) is 5.73 Å². The maximum atomic E-state index is 11.1. The van der Waals surface area contributed by atoms with Crippen LogP contribution in [0.15, 0.2) is 6.33 Å². The number of nitrogens with zero attached hydrogens (tertiary/aromatic N) is 2. The van der Waals surface area contributed by atoms with E-state index in [-0.39, 0.29) is 5.91 Å². The third-order valence-corrected chi connectivity index (χ3v) is 1.53. The van der Waals surface area contributed by atoms with Crippen molar-refractivity contribution in [3.05, 3.63) is 12.2 Å². The molecule has 1 aromatic heterocycles. The molecular weight excluding hydrogens is 170 g/mol. The molecule has 0 fully saturated rings. The van der Waals surface area contributed by atoms with Crippen LogP contribution in [0.5, 0.6) is 0 Å². The Morgan fingerprint density at radius 1 is 1.69 bits per heavy atom. The Labute approximate surface area is 75.9 Å². The molecule has 0 aliphatic rings. The molecular formula is C7H13N5O. The molecule has 13 heavy (non-hydrogen) atoms. The standard InChI is InChI=1S/C7H13N5O/c8-3-1-2-7(13)9-4-6-10-5-11-12-6/h5H,1-4,8H2,(H,9,13)(H,10,11,12). The Morgan fingerprint density at radius 3 is 3.15 bits per heavy atom. The van der Waals surface area contributed by atoms with Gasteiger partial charge < -0.3 is 11.1 Å². The van der Waals surface area contributed by atoms with Gasteiger partial charge in [-0.2, -0.15) is 5.10 Å². The molecule has 0 radical (unpaired) electrons. The number of amides is 1. The quantitative estimate of drug-likeness (QED) is 0.554. The summed E-state index contributed by atoms with van der Waals surface area (Å²) < 4.78 is 0. The highest BCUT2D eigenvalue weighted by Gasteiger charge is 2.00. The van der Waals surface area contributed by atoms with Crippen molar-refractivity contribution in [1.82, 2.24) is 20.5 Å². The van der Waals surface area contributed by atoms with E-state index in [9.17, 15) is 4.79 Å². The summed E-state index contributed by atoms with van der Waals surface area (Å²) in [6, 6.07) is 0. The topological polar surface area (TPSA) is 96.7 Å². The number of carbonyl (C=O) groups excluding carboxylic acids is 1. The maximum absolute atomic E-state index is 11.1. The van der Waals surface area contributed by atoms with Crippen molar-refractivity contribution >= 4 is 5.91 Å². The number of nitrogens with two attached hydrogens (primary N) is 1. The lowest BCUT2D eigenvalue weighted by molar-refractivity contribution is -0.121. The molecule has 1 heterocycles. The first kappa shape index (κ1) is 9.66. The van der Waals surface area contributed by atoms with Crippen molar-refractivity contribution in [2.75, 3.05) is 6.54 Å². The maximum Gasteiger partial charge on any atom is 0.220 e. The van der Waals surface area contributed by atoms with Crippen LogP contribution in [0.2, 0.25) is 0 Å². The fourth-order valence-electron chi connectivity index (χ4n) is 0.849. The van der Waals surface area contributed by atoms with Crippen LogP contribution >= 0.6 is 0 Å². The molecule has 0 aliphatic heterocycles. The molecule has 0 atom stereocenters. The second-order valence-corrected chi connectivity index (χ2v) is 2.60. The van der Waals surface area contributed by atoms with Crippen LogP contribution in [0, 0.1) is 0 Å². The van der Waals surface area contributed by atoms with Crippen molar-refractivity contribution < 1.29 is 4.79 Å². The average Bonchev–Trinajstić information content (AvgIpc) is 2.64. The highest BCUT2D eigenvalue weighted by atomic mass is 16.1. The molecule has 1 amide bonds. The van der Waals surface area contributed by atoms with Crippen LogP contribution in [0.1, 0.15) is 18.7 Å². The lowest BCUT2D eigenvalue weighted by Gasteiger charge is -2.00. The summed E-state index contributed by atoms with van der Waals surface area (Å²) in [5.41, 5.74) is 5.26. The minimum Gasteiger partial charge on any atom is -0.349 e. The average molecular weight is 183 g/mol. The number of carbonyl (C=O) groups is 1. The van der Waals surface area contributed by atoms with E-state index in [0.717, 1.165) is 0 Å². The van der Waals surface area contributed by atoms with E-state index in [1.807, 2.05) is 0 Å². The zero-order valence-corrected chi connectivity index (χ0v) is 7.29. The van der Waals surface area contributed by atoms with E-state index < -0.39 is 0 Å². The van der Waals surface area contributed by atoms with E-state index in [0.29, 0.717) is 31.8 Å². The van der Waals surface area contributed by atoms with Crippen LogP contribution < -0.4 is 11.1 Å². The van der Waals surface area contributed by atoms with Gasteiger partial charge in [0.15, 0.2) is 0 Å². The molecule has 0 saturated heterocycles. The highest BCUT2D eigenvalue weighted by molar-refractivity contribution is 5.75. The summed E-state index contributed by atoms with van der Waals surface area (Å²) in [7, 11) is 0. The van der Waals surface area contributed by atoms with Crippen molar-refractivity contribution in [3.8, 4) is 0 Å². The van der Waals surface area contributed by atoms with Gasteiger partial charge in [-0.15, -0.1) is 0 Å². The summed E-state index contributed by atoms with van der Waals surface area (Å²) in [6.07, 6.45) is 2.58. The number of aromatic nitrogens is 3. The molecule has 6 nitrogen and oxygen atoms in total. The van der Waals surface area contributed by atoms with Crippen LogP contribution in [-0.4, -0.2) is 27.6 Å². The predicted molar refractivity (Wildman–Crippen MR) is 46.5 cm³/mol. The van der Waals surface area contributed by atoms with Crippen LogP contribution in [0.3, 0.4) is 0 Å². The van der Waals surface area contributed by atoms with Gasteiger partial charge in [0, 0.05) is 6.42 Å². The Kier molecular flexibility index (Phi) is 3.90. The zero-order valence-electron chi connectivity index (χ0n) is 7.29.